The van der Waals surface area contributed by atoms with Gasteiger partial charge in [0.25, 0.3) is 0 Å². The number of hydrogen-bond acceptors (Lipinski definition) is 3. The van der Waals surface area contributed by atoms with Crippen LogP contribution in [0, 0.1) is 5.92 Å². The van der Waals surface area contributed by atoms with Crippen molar-refractivity contribution in [1.29, 1.82) is 0 Å². The monoisotopic (exact) mass is 195 g/mol. The molecule has 2 unspecified atom stereocenters. The summed E-state index contributed by atoms with van der Waals surface area (Å²) >= 11 is 1.55. The van der Waals surface area contributed by atoms with Gasteiger partial charge in [-0.2, -0.15) is 0 Å². The van der Waals surface area contributed by atoms with Gasteiger partial charge < -0.3 is 0 Å². The van der Waals surface area contributed by atoms with Crippen LogP contribution in [0.1, 0.15) is 46.8 Å². The fraction of sp³-hybridized carbons (Fsp3) is 0.600. The van der Waals surface area contributed by atoms with Crippen LogP contribution in [-0.4, -0.2) is 11.3 Å². The van der Waals surface area contributed by atoms with Gasteiger partial charge in [-0.1, -0.05) is 13.3 Å². The van der Waals surface area contributed by atoms with Gasteiger partial charge in [-0.15, -0.1) is 11.3 Å². The van der Waals surface area contributed by atoms with Crippen molar-refractivity contribution in [2.24, 2.45) is 5.92 Å². The van der Waals surface area contributed by atoms with Crippen LogP contribution in [0.5, 0.6) is 0 Å². The second-order valence-corrected chi connectivity index (χ2v) is 4.93. The van der Waals surface area contributed by atoms with Gasteiger partial charge in [0, 0.05) is 12.1 Å². The molecule has 0 bridgehead atoms. The quantitative estimate of drug-likeness (QED) is 0.679. The Morgan fingerprint density at radius 1 is 1.62 bits per heavy atom. The van der Waals surface area contributed by atoms with Crippen LogP contribution in [-0.2, 0) is 0 Å². The predicted octanol–water partition coefficient (Wildman–Crippen LogP) is 2.86. The van der Waals surface area contributed by atoms with Gasteiger partial charge in [0.1, 0.15) is 0 Å². The molecule has 2 rings (SSSR count). The van der Waals surface area contributed by atoms with Crippen LogP contribution in [0.4, 0.5) is 0 Å². The Morgan fingerprint density at radius 2 is 2.46 bits per heavy atom. The van der Waals surface area contributed by atoms with E-state index < -0.39 is 0 Å². The lowest BCUT2D eigenvalue weighted by molar-refractivity contribution is 0.112. The molecule has 1 aromatic heterocycles. The van der Waals surface area contributed by atoms with Crippen LogP contribution < -0.4 is 0 Å². The average Bonchev–Trinajstić information content (AvgIpc) is 2.71. The Morgan fingerprint density at radius 3 is 3.00 bits per heavy atom. The number of rotatable bonds is 2. The summed E-state index contributed by atoms with van der Waals surface area (Å²) in [6, 6.07) is 0. The van der Waals surface area contributed by atoms with E-state index in [-0.39, 0.29) is 0 Å². The average molecular weight is 195 g/mol. The lowest BCUT2D eigenvalue weighted by atomic mass is 10.1. The van der Waals surface area contributed by atoms with Gasteiger partial charge in [0.05, 0.1) is 9.88 Å². The van der Waals surface area contributed by atoms with E-state index in [1.165, 1.54) is 19.3 Å². The number of aldehydes is 1. The molecule has 1 fully saturated rings. The van der Waals surface area contributed by atoms with Gasteiger partial charge in [0.2, 0.25) is 0 Å². The molecule has 1 aromatic rings. The second-order valence-electron chi connectivity index (χ2n) is 3.83. The van der Waals surface area contributed by atoms with E-state index in [2.05, 4.69) is 11.9 Å². The van der Waals surface area contributed by atoms with Crippen molar-refractivity contribution >= 4 is 17.6 Å². The summed E-state index contributed by atoms with van der Waals surface area (Å²) in [7, 11) is 0. The van der Waals surface area contributed by atoms with Crippen molar-refractivity contribution in [3.05, 3.63) is 16.1 Å². The second kappa shape index (κ2) is 3.58. The maximum absolute atomic E-state index is 10.5. The highest BCUT2D eigenvalue weighted by Gasteiger charge is 2.24. The Hall–Kier alpha value is -0.700. The fourth-order valence-electron chi connectivity index (χ4n) is 1.98. The Balaban J connectivity index is 2.12. The van der Waals surface area contributed by atoms with E-state index in [1.54, 1.807) is 17.5 Å². The molecular formula is C10H13NOS. The Labute approximate surface area is 82.0 Å². The molecule has 1 saturated carbocycles. The number of aromatic nitrogens is 1. The minimum Gasteiger partial charge on any atom is -0.297 e. The van der Waals surface area contributed by atoms with E-state index in [0.29, 0.717) is 5.92 Å². The number of carbonyl (C=O) groups excluding carboxylic acids is 1. The van der Waals surface area contributed by atoms with Crippen LogP contribution >= 0.6 is 11.3 Å². The molecule has 0 aromatic carbocycles. The third-order valence-corrected chi connectivity index (χ3v) is 3.79. The molecule has 0 spiro atoms. The smallest absolute Gasteiger partial charge is 0.161 e. The highest BCUT2D eigenvalue weighted by Crippen LogP contribution is 2.39. The minimum absolute atomic E-state index is 0.619. The van der Waals surface area contributed by atoms with Crippen molar-refractivity contribution in [3.8, 4) is 0 Å². The molecule has 2 nitrogen and oxygen atoms in total. The molecule has 1 aliphatic carbocycles. The van der Waals surface area contributed by atoms with E-state index >= 15 is 0 Å². The summed E-state index contributed by atoms with van der Waals surface area (Å²) in [5.41, 5.74) is 0. The van der Waals surface area contributed by atoms with Crippen molar-refractivity contribution in [2.45, 2.75) is 32.1 Å². The highest BCUT2D eigenvalue weighted by atomic mass is 32.1. The maximum Gasteiger partial charge on any atom is 0.161 e. The number of nitrogens with zero attached hydrogens (tertiary/aromatic N) is 1. The van der Waals surface area contributed by atoms with Crippen molar-refractivity contribution in [3.63, 3.8) is 0 Å². The van der Waals surface area contributed by atoms with Crippen LogP contribution in [0.25, 0.3) is 0 Å². The molecule has 0 saturated heterocycles. The Bertz CT molecular complexity index is 308. The largest absolute Gasteiger partial charge is 0.297 e. The van der Waals surface area contributed by atoms with Crippen LogP contribution in [0.2, 0.25) is 0 Å². The molecule has 3 heteroatoms. The van der Waals surface area contributed by atoms with Gasteiger partial charge >= 0.3 is 0 Å². The molecule has 2 atom stereocenters. The van der Waals surface area contributed by atoms with Gasteiger partial charge in [-0.05, 0) is 18.8 Å². The standard InChI is InChI=1S/C10H13NOS/c1-7-2-3-8(4-7)10-11-5-9(6-12)13-10/h5-8H,2-4H2,1H3. The zero-order valence-electron chi connectivity index (χ0n) is 7.69. The van der Waals surface area contributed by atoms with Gasteiger partial charge in [-0.3, -0.25) is 4.79 Å². The first-order valence-corrected chi connectivity index (χ1v) is 5.52. The molecular weight excluding hydrogens is 182 g/mol. The normalized spacial score (nSPS) is 27.8. The molecule has 0 aliphatic heterocycles. The molecule has 0 radical (unpaired) electrons. The van der Waals surface area contributed by atoms with Gasteiger partial charge in [-0.25, -0.2) is 4.98 Å². The summed E-state index contributed by atoms with van der Waals surface area (Å²) < 4.78 is 0. The molecule has 1 heterocycles. The Kier molecular flexibility index (Phi) is 2.44. The fourth-order valence-corrected chi connectivity index (χ4v) is 2.86. The molecule has 1 aliphatic rings. The summed E-state index contributed by atoms with van der Waals surface area (Å²) in [6.45, 7) is 2.29. The van der Waals surface area contributed by atoms with E-state index in [0.717, 1.165) is 22.1 Å². The van der Waals surface area contributed by atoms with Crippen LogP contribution in [0.3, 0.4) is 0 Å². The summed E-state index contributed by atoms with van der Waals surface area (Å²) in [5.74, 6) is 1.45. The third kappa shape index (κ3) is 1.80. The van der Waals surface area contributed by atoms with Crippen molar-refractivity contribution in [1.82, 2.24) is 4.98 Å². The highest BCUT2D eigenvalue weighted by molar-refractivity contribution is 7.13. The predicted molar refractivity (Wildman–Crippen MR) is 53.3 cm³/mol. The molecule has 0 amide bonds. The third-order valence-electron chi connectivity index (χ3n) is 2.70. The van der Waals surface area contributed by atoms with Crippen LogP contribution in [0.15, 0.2) is 6.20 Å². The summed E-state index contributed by atoms with van der Waals surface area (Å²) in [5, 5.41) is 1.16. The zero-order valence-corrected chi connectivity index (χ0v) is 8.51. The molecule has 13 heavy (non-hydrogen) atoms. The van der Waals surface area contributed by atoms with Gasteiger partial charge in [0.15, 0.2) is 6.29 Å². The first-order chi connectivity index (χ1) is 6.29. The summed E-state index contributed by atoms with van der Waals surface area (Å²) in [6.07, 6.45) is 6.37. The van der Waals surface area contributed by atoms with Crippen molar-refractivity contribution < 1.29 is 4.79 Å². The lowest BCUT2D eigenvalue weighted by Gasteiger charge is -2.03. The number of thiazole rings is 1. The van der Waals surface area contributed by atoms with Crippen molar-refractivity contribution in [2.75, 3.05) is 0 Å². The zero-order chi connectivity index (χ0) is 9.26. The maximum atomic E-state index is 10.5. The first-order valence-electron chi connectivity index (χ1n) is 4.70. The SMILES string of the molecule is CC1CCC(c2ncc(C=O)s2)C1. The molecule has 0 N–H and O–H groups in total. The lowest BCUT2D eigenvalue weighted by Crippen LogP contribution is -1.91. The number of carbonyl (C=O) groups is 1. The van der Waals surface area contributed by atoms with E-state index in [4.69, 9.17) is 0 Å². The summed E-state index contributed by atoms with van der Waals surface area (Å²) in [4.78, 5) is 15.5. The first kappa shape index (κ1) is 8.88. The van der Waals surface area contributed by atoms with E-state index in [9.17, 15) is 4.79 Å². The van der Waals surface area contributed by atoms with E-state index in [1.807, 2.05) is 0 Å². The number of hydrogen-bond donors (Lipinski definition) is 0. The molecule has 70 valence electrons. The topological polar surface area (TPSA) is 30.0 Å². The minimum atomic E-state index is 0.619.